The second-order valence-electron chi connectivity index (χ2n) is 26.6. The molecule has 3 aliphatic heterocycles. The lowest BCUT2D eigenvalue weighted by molar-refractivity contribution is -0.124. The van der Waals surface area contributed by atoms with E-state index in [1.54, 1.807) is 138 Å². The number of amides is 3. The van der Waals surface area contributed by atoms with Crippen molar-refractivity contribution in [3.63, 3.8) is 0 Å². The smallest absolute Gasteiger partial charge is 0.248 e. The molecule has 0 bridgehead atoms. The third kappa shape index (κ3) is 15.0. The van der Waals surface area contributed by atoms with Gasteiger partial charge in [-0.15, -0.1) is 11.8 Å². The van der Waals surface area contributed by atoms with Crippen molar-refractivity contribution in [1.82, 2.24) is 0 Å². The summed E-state index contributed by atoms with van der Waals surface area (Å²) < 4.78 is 96.7. The summed E-state index contributed by atoms with van der Waals surface area (Å²) in [6.07, 6.45) is 0. The molecule has 3 saturated heterocycles. The Labute approximate surface area is 640 Å². The van der Waals surface area contributed by atoms with Crippen LogP contribution in [0.5, 0.6) is 46.0 Å². The summed E-state index contributed by atoms with van der Waals surface area (Å²) >= 11 is 1.15. The number of carbonyl (C=O) groups excluding carboxylic acids is 6. The first-order chi connectivity index (χ1) is 53.5. The maximum Gasteiger partial charge on any atom is 0.248 e. The first kappa shape index (κ1) is 73.6. The summed E-state index contributed by atoms with van der Waals surface area (Å²) in [6.45, 7) is 0. The van der Waals surface area contributed by atoms with Gasteiger partial charge in [-0.25, -0.2) is 21.6 Å². The standard InChI is InChI=1S/C87H62F3N3O15S3/c88-59-24-15-50(16-25-59)76(98)47-109-82-79(91(85(82)101)62-10-2-1-3-11-62)70-38-21-57(45-73(70)95)54-8-5-13-68(42-54)107-66-34-30-63(31-35-66)92-80(83(86(92)102)110(104)48-77(99)51-17-26-60(89)27-18-51)71-39-22-58(46-74(71)96)55-9-6-14-69(43-55)108-67-36-32-64(33-37-67)93-81(72-40-23-56(44-75(72)97)53-7-4-12-65(94)41-53)84(87(93)103)111(105,106)49-78(100)52-19-28-61(90)29-20-52/h1-46,79-84,94-97H,47-49H2. The average Bonchev–Trinajstić information content (AvgIpc) is 0.719. The number of benzene rings is 12. The number of nitrogens with zero attached hydrogens (tertiary/aromatic N) is 3. The van der Waals surface area contributed by atoms with E-state index in [9.17, 15) is 75.0 Å². The minimum atomic E-state index is -4.59. The number of sulfone groups is 1. The third-order valence-corrected chi connectivity index (χ3v) is 24.3. The highest BCUT2D eigenvalue weighted by Crippen LogP contribution is 2.51. The fourth-order valence-electron chi connectivity index (χ4n) is 14.0. The van der Waals surface area contributed by atoms with E-state index in [0.717, 1.165) is 48.2 Å². The van der Waals surface area contributed by atoms with Crippen molar-refractivity contribution in [2.24, 2.45) is 0 Å². The van der Waals surface area contributed by atoms with Crippen LogP contribution in [-0.4, -0.2) is 101 Å². The number of Topliss-reactive ketones (excluding diaryl/α,β-unsaturated/α-hetero) is 3. The van der Waals surface area contributed by atoms with E-state index in [2.05, 4.69) is 0 Å². The van der Waals surface area contributed by atoms with Gasteiger partial charge in [0.25, 0.3) is 0 Å². The minimum Gasteiger partial charge on any atom is -0.508 e. The molecular weight excluding hydrogens is 1480 g/mol. The maximum absolute atomic E-state index is 14.5. The number of thioether (sulfide) groups is 1. The number of ketones is 3. The second-order valence-corrected chi connectivity index (χ2v) is 31.4. The molecule has 7 atom stereocenters. The van der Waals surface area contributed by atoms with Gasteiger partial charge in [-0.05, 0) is 221 Å². The zero-order chi connectivity index (χ0) is 77.5. The van der Waals surface area contributed by atoms with E-state index < -0.39 is 107 Å². The van der Waals surface area contributed by atoms with Crippen molar-refractivity contribution in [1.29, 1.82) is 0 Å². The predicted molar refractivity (Wildman–Crippen MR) is 415 cm³/mol. The van der Waals surface area contributed by atoms with Crippen molar-refractivity contribution < 1.29 is 84.5 Å². The molecule has 111 heavy (non-hydrogen) atoms. The van der Waals surface area contributed by atoms with Crippen LogP contribution in [-0.2, 0) is 35.0 Å². The van der Waals surface area contributed by atoms with Crippen LogP contribution in [0.4, 0.5) is 30.2 Å². The molecule has 0 spiro atoms. The number of carbonyl (C=O) groups is 6. The Kier molecular flexibility index (Phi) is 20.3. The van der Waals surface area contributed by atoms with Gasteiger partial charge in [-0.1, -0.05) is 91.0 Å². The number of rotatable bonds is 25. The van der Waals surface area contributed by atoms with Gasteiger partial charge in [-0.2, -0.15) is 0 Å². The molecule has 0 saturated carbocycles. The molecule has 4 N–H and O–H groups in total. The lowest BCUT2D eigenvalue weighted by Crippen LogP contribution is -2.63. The van der Waals surface area contributed by atoms with Gasteiger partial charge < -0.3 is 44.6 Å². The highest BCUT2D eigenvalue weighted by Gasteiger charge is 2.58. The SMILES string of the molecule is O=C(CSC1C(=O)N(c2ccccc2)C1c1ccc(-c2cccc(Oc3ccc(N4C(=O)C(S(=O)CC(=O)c5ccc(F)cc5)C4c4ccc(-c5cccc(Oc6ccc(N7C(=O)C(S(=O)(=O)CC(=O)c8ccc(F)cc8)C7c7ccc(-c8cccc(O)c8)cc7O)cc6)c5)cc4O)cc3)c2)cc1O)c1ccc(F)cc1. The first-order valence-electron chi connectivity index (χ1n) is 34.7. The Hall–Kier alpha value is -12.9. The van der Waals surface area contributed by atoms with E-state index in [1.165, 1.54) is 101 Å². The number of phenols is 4. The minimum absolute atomic E-state index is 0.0328. The van der Waals surface area contributed by atoms with Crippen LogP contribution in [0.1, 0.15) is 65.9 Å². The van der Waals surface area contributed by atoms with Gasteiger partial charge >= 0.3 is 0 Å². The van der Waals surface area contributed by atoms with E-state index in [-0.39, 0.29) is 74.1 Å². The molecule has 3 fully saturated rings. The fourth-order valence-corrected chi connectivity index (χ4v) is 18.5. The molecule has 3 aliphatic rings. The Morgan fingerprint density at radius 2 is 0.802 bits per heavy atom. The van der Waals surface area contributed by atoms with Gasteiger partial charge in [0.15, 0.2) is 32.4 Å². The molecule has 0 radical (unpaired) electrons. The van der Waals surface area contributed by atoms with Crippen LogP contribution in [0.15, 0.2) is 279 Å². The van der Waals surface area contributed by atoms with Crippen molar-refractivity contribution >= 4 is 84.5 Å². The Bertz CT molecular complexity index is 5820. The van der Waals surface area contributed by atoms with E-state index >= 15 is 0 Å². The van der Waals surface area contributed by atoms with Gasteiger partial charge in [0.05, 0.1) is 29.6 Å². The van der Waals surface area contributed by atoms with Gasteiger partial charge in [-0.3, -0.25) is 33.0 Å². The van der Waals surface area contributed by atoms with Crippen molar-refractivity contribution in [2.45, 2.75) is 33.9 Å². The highest BCUT2D eigenvalue weighted by atomic mass is 32.2. The molecule has 15 rings (SSSR count). The highest BCUT2D eigenvalue weighted by molar-refractivity contribution is 8.01. The summed E-state index contributed by atoms with van der Waals surface area (Å²) in [6, 6.07) is 67.2. The lowest BCUT2D eigenvalue weighted by Gasteiger charge is -2.47. The van der Waals surface area contributed by atoms with Gasteiger partial charge in [0, 0.05) is 61.2 Å². The number of halogens is 3. The van der Waals surface area contributed by atoms with Crippen molar-refractivity contribution in [3.05, 3.63) is 330 Å². The van der Waals surface area contributed by atoms with Crippen LogP contribution in [0.25, 0.3) is 33.4 Å². The topological polar surface area (TPSA) is 263 Å². The third-order valence-electron chi connectivity index (χ3n) is 19.6. The quantitative estimate of drug-likeness (QED) is 0.0306. The molecule has 554 valence electrons. The largest absolute Gasteiger partial charge is 0.508 e. The summed E-state index contributed by atoms with van der Waals surface area (Å²) in [5, 5.41) is 41.7. The second kappa shape index (κ2) is 30.6. The number of aromatic hydroxyl groups is 4. The molecule has 18 nitrogen and oxygen atoms in total. The number of β-lactam (4-membered cyclic amide) rings is 3. The Morgan fingerprint density at radius 1 is 0.396 bits per heavy atom. The van der Waals surface area contributed by atoms with Crippen LogP contribution < -0.4 is 24.2 Å². The number of hydrogen-bond acceptors (Lipinski definition) is 16. The molecule has 3 amide bonds. The lowest BCUT2D eigenvalue weighted by atomic mass is 9.90. The summed E-state index contributed by atoms with van der Waals surface area (Å²) in [5.41, 5.74) is 5.51. The summed E-state index contributed by atoms with van der Waals surface area (Å²) in [5.74, 6) is -6.35. The number of hydrogen-bond donors (Lipinski definition) is 4. The number of phenolic OH excluding ortho intramolecular Hbond substituents is 4. The van der Waals surface area contributed by atoms with Crippen LogP contribution in [0, 0.1) is 17.5 Å². The summed E-state index contributed by atoms with van der Waals surface area (Å²) in [4.78, 5) is 86.7. The number of para-hydroxylation sites is 1. The molecule has 0 aromatic heterocycles. The van der Waals surface area contributed by atoms with Crippen molar-refractivity contribution in [3.8, 4) is 79.4 Å². The van der Waals surface area contributed by atoms with Crippen LogP contribution >= 0.6 is 11.8 Å². The molecule has 12 aromatic rings. The monoisotopic (exact) mass is 1540 g/mol. The first-order valence-corrected chi connectivity index (χ1v) is 38.8. The van der Waals surface area contributed by atoms with Crippen LogP contribution in [0.2, 0.25) is 0 Å². The van der Waals surface area contributed by atoms with E-state index in [4.69, 9.17) is 9.47 Å². The Balaban J connectivity index is 0.651. The van der Waals surface area contributed by atoms with Crippen molar-refractivity contribution in [2.75, 3.05) is 32.0 Å². The average molecular weight is 1540 g/mol. The normalized spacial score (nSPS) is 17.6. The molecule has 12 aromatic carbocycles. The number of ether oxygens (including phenoxy) is 2. The molecule has 0 aliphatic carbocycles. The molecule has 3 heterocycles. The van der Waals surface area contributed by atoms with Gasteiger partial charge in [0.2, 0.25) is 17.7 Å². The maximum atomic E-state index is 14.5. The van der Waals surface area contributed by atoms with E-state index in [1.807, 2.05) is 18.2 Å². The zero-order valence-corrected chi connectivity index (χ0v) is 60.6. The van der Waals surface area contributed by atoms with E-state index in [0.29, 0.717) is 73.1 Å². The fraction of sp³-hybridized carbons (Fsp3) is 0.103. The predicted octanol–water partition coefficient (Wildman–Crippen LogP) is 16.4. The van der Waals surface area contributed by atoms with Gasteiger partial charge in [0.1, 0.15) is 79.7 Å². The molecular formula is C87H62F3N3O15S3. The van der Waals surface area contributed by atoms with Crippen LogP contribution in [0.3, 0.4) is 0 Å². The zero-order valence-electron chi connectivity index (χ0n) is 58.1. The Morgan fingerprint density at radius 3 is 1.28 bits per heavy atom. The molecule has 7 unspecified atom stereocenters. The molecule has 24 heteroatoms. The number of anilines is 3. The summed E-state index contributed by atoms with van der Waals surface area (Å²) in [7, 11) is -6.77.